The zero-order chi connectivity index (χ0) is 23.0. The maximum atomic E-state index is 12.9. The van der Waals surface area contributed by atoms with Crippen LogP contribution in [0.3, 0.4) is 0 Å². The van der Waals surface area contributed by atoms with Crippen LogP contribution in [0.4, 0.5) is 13.2 Å². The molecule has 1 amide bonds. The normalized spacial score (nSPS) is 12.5. The lowest BCUT2D eigenvalue weighted by molar-refractivity contribution is -0.144. The molecule has 0 fully saturated rings. The molecule has 13 heteroatoms. The molecule has 0 atom stereocenters. The Balaban J connectivity index is 2.49. The summed E-state index contributed by atoms with van der Waals surface area (Å²) < 4.78 is 66.5. The summed E-state index contributed by atoms with van der Waals surface area (Å²) in [5.74, 6) is -1.07. The SMILES string of the molecule is CC(C)N(C)S(=O)(=O)NC(=O)c1cc(-c2nn(C)c(C(F)(F)F)cc2=O)ccc1Cl. The van der Waals surface area contributed by atoms with Crippen LogP contribution in [0, 0.1) is 0 Å². The Morgan fingerprint density at radius 1 is 1.27 bits per heavy atom. The second-order valence-corrected chi connectivity index (χ2v) is 8.74. The van der Waals surface area contributed by atoms with Crippen molar-refractivity contribution < 1.29 is 26.4 Å². The van der Waals surface area contributed by atoms with Gasteiger partial charge in [-0.05, 0) is 26.0 Å². The molecule has 0 aliphatic heterocycles. The van der Waals surface area contributed by atoms with Crippen molar-refractivity contribution in [1.29, 1.82) is 0 Å². The number of carbonyl (C=O) groups excluding carboxylic acids is 1. The Labute approximate surface area is 175 Å². The van der Waals surface area contributed by atoms with Crippen LogP contribution in [-0.4, -0.2) is 41.5 Å². The molecular formula is C17H18ClF3N4O4S. The van der Waals surface area contributed by atoms with Crippen LogP contribution in [-0.2, 0) is 23.4 Å². The van der Waals surface area contributed by atoms with Gasteiger partial charge in [-0.3, -0.25) is 14.3 Å². The van der Waals surface area contributed by atoms with Gasteiger partial charge in [0.25, 0.3) is 5.91 Å². The fourth-order valence-electron chi connectivity index (χ4n) is 2.37. The molecule has 0 aliphatic carbocycles. The van der Waals surface area contributed by atoms with Gasteiger partial charge in [0.1, 0.15) is 11.4 Å². The number of aromatic nitrogens is 2. The number of halogens is 4. The van der Waals surface area contributed by atoms with Gasteiger partial charge in [0.2, 0.25) is 5.43 Å². The van der Waals surface area contributed by atoms with Crippen molar-refractivity contribution in [2.75, 3.05) is 7.05 Å². The van der Waals surface area contributed by atoms with Gasteiger partial charge in [0.15, 0.2) is 0 Å². The zero-order valence-electron chi connectivity index (χ0n) is 16.3. The first-order chi connectivity index (χ1) is 13.6. The number of benzene rings is 1. The standard InChI is InChI=1S/C17H18ClF3N4O4S/c1-9(2)25(4)30(28,29)23-16(27)11-7-10(5-6-12(11)18)15-13(26)8-14(17(19,20)21)24(3)22-15/h5-9H,1-4H3,(H,23,27). The summed E-state index contributed by atoms with van der Waals surface area (Å²) in [6.45, 7) is 3.20. The van der Waals surface area contributed by atoms with E-state index >= 15 is 0 Å². The molecule has 0 radical (unpaired) electrons. The van der Waals surface area contributed by atoms with Gasteiger partial charge in [0.05, 0.1) is 10.6 Å². The van der Waals surface area contributed by atoms with E-state index in [1.165, 1.54) is 19.2 Å². The molecule has 1 heterocycles. The van der Waals surface area contributed by atoms with Crippen molar-refractivity contribution in [2.45, 2.75) is 26.1 Å². The summed E-state index contributed by atoms with van der Waals surface area (Å²) in [5.41, 5.74) is -2.93. The highest BCUT2D eigenvalue weighted by molar-refractivity contribution is 7.87. The fraction of sp³-hybridized carbons (Fsp3) is 0.353. The second-order valence-electron chi connectivity index (χ2n) is 6.60. The van der Waals surface area contributed by atoms with Crippen molar-refractivity contribution in [3.8, 4) is 11.3 Å². The number of alkyl halides is 3. The Hall–Kier alpha value is -2.44. The quantitative estimate of drug-likeness (QED) is 0.729. The second kappa shape index (κ2) is 8.36. The summed E-state index contributed by atoms with van der Waals surface area (Å²) in [5, 5.41) is 3.53. The van der Waals surface area contributed by atoms with E-state index in [4.69, 9.17) is 11.6 Å². The van der Waals surface area contributed by atoms with Gasteiger partial charge in [0, 0.05) is 31.8 Å². The van der Waals surface area contributed by atoms with Crippen molar-refractivity contribution in [3.63, 3.8) is 0 Å². The summed E-state index contributed by atoms with van der Waals surface area (Å²) in [6, 6.07) is 3.53. The maximum Gasteiger partial charge on any atom is 0.433 e. The molecule has 0 saturated carbocycles. The smallest absolute Gasteiger partial charge is 0.287 e. The minimum Gasteiger partial charge on any atom is -0.287 e. The molecule has 0 unspecified atom stereocenters. The fourth-order valence-corrected chi connectivity index (χ4v) is 3.62. The predicted octanol–water partition coefficient (Wildman–Crippen LogP) is 2.43. The van der Waals surface area contributed by atoms with E-state index in [1.807, 2.05) is 4.72 Å². The number of hydrogen-bond donors (Lipinski definition) is 1. The maximum absolute atomic E-state index is 12.9. The third kappa shape index (κ3) is 4.99. The van der Waals surface area contributed by atoms with Crippen LogP contribution >= 0.6 is 11.6 Å². The van der Waals surface area contributed by atoms with Gasteiger partial charge >= 0.3 is 16.4 Å². The van der Waals surface area contributed by atoms with E-state index in [0.29, 0.717) is 10.7 Å². The number of rotatable bonds is 5. The molecule has 0 aliphatic rings. The first-order valence-corrected chi connectivity index (χ1v) is 10.2. The topological polar surface area (TPSA) is 101 Å². The monoisotopic (exact) mass is 466 g/mol. The molecule has 0 saturated heterocycles. The number of amides is 1. The highest BCUT2D eigenvalue weighted by atomic mass is 35.5. The molecule has 2 rings (SSSR count). The molecule has 2 aromatic rings. The Morgan fingerprint density at radius 2 is 1.87 bits per heavy atom. The molecule has 1 N–H and O–H groups in total. The lowest BCUT2D eigenvalue weighted by Crippen LogP contribution is -2.44. The third-order valence-electron chi connectivity index (χ3n) is 4.20. The molecule has 8 nitrogen and oxygen atoms in total. The van der Waals surface area contributed by atoms with Crippen LogP contribution in [0.25, 0.3) is 11.3 Å². The molecular weight excluding hydrogens is 449 g/mol. The van der Waals surface area contributed by atoms with Gasteiger partial charge in [-0.2, -0.15) is 31.0 Å². The lowest BCUT2D eigenvalue weighted by Gasteiger charge is -2.21. The van der Waals surface area contributed by atoms with E-state index in [-0.39, 0.29) is 21.8 Å². The average Bonchev–Trinajstić information content (AvgIpc) is 2.61. The molecule has 164 valence electrons. The number of aryl methyl sites for hydroxylation is 1. The van der Waals surface area contributed by atoms with Gasteiger partial charge in [-0.15, -0.1) is 0 Å². The van der Waals surface area contributed by atoms with Crippen LogP contribution < -0.4 is 10.2 Å². The number of hydrogen-bond acceptors (Lipinski definition) is 5. The Bertz CT molecular complexity index is 1150. The largest absolute Gasteiger partial charge is 0.433 e. The highest BCUT2D eigenvalue weighted by Gasteiger charge is 2.34. The first kappa shape index (κ1) is 23.8. The summed E-state index contributed by atoms with van der Waals surface area (Å²) in [7, 11) is -1.88. The predicted molar refractivity (Wildman–Crippen MR) is 104 cm³/mol. The molecule has 1 aromatic heterocycles. The lowest BCUT2D eigenvalue weighted by atomic mass is 10.1. The van der Waals surface area contributed by atoms with Gasteiger partial charge in [-0.25, -0.2) is 4.72 Å². The molecule has 0 bridgehead atoms. The summed E-state index contributed by atoms with van der Waals surface area (Å²) in [4.78, 5) is 24.7. The third-order valence-corrected chi connectivity index (χ3v) is 6.16. The van der Waals surface area contributed by atoms with Crippen LogP contribution in [0.1, 0.15) is 29.9 Å². The first-order valence-electron chi connectivity index (χ1n) is 8.40. The van der Waals surface area contributed by atoms with Crippen LogP contribution in [0.2, 0.25) is 5.02 Å². The van der Waals surface area contributed by atoms with Gasteiger partial charge in [-0.1, -0.05) is 17.7 Å². The van der Waals surface area contributed by atoms with Crippen molar-refractivity contribution >= 4 is 27.7 Å². The number of nitrogens with one attached hydrogen (secondary N) is 1. The molecule has 1 aromatic carbocycles. The van der Waals surface area contributed by atoms with Crippen molar-refractivity contribution in [3.05, 3.63) is 50.8 Å². The zero-order valence-corrected chi connectivity index (χ0v) is 17.9. The van der Waals surface area contributed by atoms with Crippen molar-refractivity contribution in [2.24, 2.45) is 7.05 Å². The minimum absolute atomic E-state index is 0.00603. The van der Waals surface area contributed by atoms with Crippen molar-refractivity contribution in [1.82, 2.24) is 18.8 Å². The Kier molecular flexibility index (Phi) is 6.64. The number of nitrogens with zero attached hydrogens (tertiary/aromatic N) is 3. The molecule has 0 spiro atoms. The summed E-state index contributed by atoms with van der Waals surface area (Å²) in [6.07, 6.45) is -4.78. The van der Waals surface area contributed by atoms with E-state index in [1.54, 1.807) is 13.8 Å². The van der Waals surface area contributed by atoms with E-state index in [9.17, 15) is 31.2 Å². The van der Waals surface area contributed by atoms with Crippen LogP contribution in [0.5, 0.6) is 0 Å². The number of carbonyl (C=O) groups is 1. The average molecular weight is 467 g/mol. The highest BCUT2D eigenvalue weighted by Crippen LogP contribution is 2.28. The van der Waals surface area contributed by atoms with E-state index in [0.717, 1.165) is 17.4 Å². The van der Waals surface area contributed by atoms with Gasteiger partial charge < -0.3 is 0 Å². The van der Waals surface area contributed by atoms with E-state index < -0.39 is 39.5 Å². The minimum atomic E-state index is -4.78. The van der Waals surface area contributed by atoms with E-state index in [2.05, 4.69) is 5.10 Å². The Morgan fingerprint density at radius 3 is 2.40 bits per heavy atom. The van der Waals surface area contributed by atoms with Crippen LogP contribution in [0.15, 0.2) is 29.1 Å². The molecule has 30 heavy (non-hydrogen) atoms. The summed E-state index contributed by atoms with van der Waals surface area (Å²) >= 11 is 5.98.